The number of benzene rings is 2. The fourth-order valence-corrected chi connectivity index (χ4v) is 3.84. The molecular weight excluding hydrogens is 476 g/mol. The Morgan fingerprint density at radius 1 is 1.18 bits per heavy atom. The van der Waals surface area contributed by atoms with E-state index in [-0.39, 0.29) is 16.3 Å². The van der Waals surface area contributed by atoms with Crippen molar-refractivity contribution >= 4 is 21.3 Å². The molecule has 1 aromatic heterocycles. The van der Waals surface area contributed by atoms with Gasteiger partial charge in [0.1, 0.15) is 17.1 Å². The van der Waals surface area contributed by atoms with E-state index < -0.39 is 50.3 Å². The predicted octanol–water partition coefficient (Wildman–Crippen LogP) is 5.59. The number of aryl methyl sites for hydroxylation is 1. The largest absolute Gasteiger partial charge is 0.437 e. The molecule has 0 saturated heterocycles. The quantitative estimate of drug-likeness (QED) is 0.433. The predicted molar refractivity (Wildman–Crippen MR) is 117 cm³/mol. The van der Waals surface area contributed by atoms with Gasteiger partial charge in [0.25, 0.3) is 11.8 Å². The molecular formula is C22H20F4N4O3S. The lowest BCUT2D eigenvalue weighted by Crippen LogP contribution is -2.21. The normalized spacial score (nSPS) is 13.3. The molecule has 0 radical (unpaired) electrons. The number of hydrogen-bond donors (Lipinski definition) is 2. The third-order valence-electron chi connectivity index (χ3n) is 4.83. The van der Waals surface area contributed by atoms with Crippen LogP contribution in [0.2, 0.25) is 0 Å². The molecule has 2 N–H and O–H groups in total. The van der Waals surface area contributed by atoms with E-state index in [9.17, 15) is 26.6 Å². The number of amides is 1. The Balaban J connectivity index is 2.09. The van der Waals surface area contributed by atoms with Crippen molar-refractivity contribution in [3.05, 3.63) is 70.7 Å². The average molecular weight is 496 g/mol. The van der Waals surface area contributed by atoms with Gasteiger partial charge in [-0.2, -0.15) is 13.2 Å². The Morgan fingerprint density at radius 3 is 2.50 bits per heavy atom. The summed E-state index contributed by atoms with van der Waals surface area (Å²) in [5.41, 5.74) is -1.90. The van der Waals surface area contributed by atoms with Crippen molar-refractivity contribution in [2.24, 2.45) is 0 Å². The van der Waals surface area contributed by atoms with E-state index in [2.05, 4.69) is 15.5 Å². The van der Waals surface area contributed by atoms with E-state index in [1.807, 2.05) is 0 Å². The van der Waals surface area contributed by atoms with E-state index in [0.717, 1.165) is 13.0 Å². The van der Waals surface area contributed by atoms with Gasteiger partial charge in [-0.15, -0.1) is 10.2 Å². The van der Waals surface area contributed by atoms with Gasteiger partial charge < -0.3 is 10.1 Å². The first-order valence-electron chi connectivity index (χ1n) is 9.87. The number of rotatable bonds is 6. The second-order valence-corrected chi connectivity index (χ2v) is 9.54. The summed E-state index contributed by atoms with van der Waals surface area (Å²) in [5, 5.41) is 9.13. The summed E-state index contributed by atoms with van der Waals surface area (Å²) >= 11 is 0. The minimum atomic E-state index is -4.88. The lowest BCUT2D eigenvalue weighted by molar-refractivity contribution is -0.142. The lowest BCUT2D eigenvalue weighted by atomic mass is 10.1. The van der Waals surface area contributed by atoms with Gasteiger partial charge in [-0.3, -0.25) is 4.79 Å². The molecule has 7 nitrogen and oxygen atoms in total. The van der Waals surface area contributed by atoms with Crippen LogP contribution in [0.25, 0.3) is 0 Å². The number of hydrogen-bond acceptors (Lipinski definition) is 6. The third kappa shape index (κ3) is 5.50. The molecule has 2 aromatic carbocycles. The summed E-state index contributed by atoms with van der Waals surface area (Å²) in [7, 11) is -3.10. The fraction of sp³-hybridized carbons (Fsp3) is 0.227. The number of carbonyl (C=O) groups excluding carboxylic acids is 1. The molecule has 0 bridgehead atoms. The summed E-state index contributed by atoms with van der Waals surface area (Å²) in [6, 6.07) is 9.18. The monoisotopic (exact) mass is 496 g/mol. The third-order valence-corrected chi connectivity index (χ3v) is 5.99. The van der Waals surface area contributed by atoms with Crippen molar-refractivity contribution in [1.82, 2.24) is 10.2 Å². The van der Waals surface area contributed by atoms with Gasteiger partial charge in [-0.05, 0) is 60.9 Å². The van der Waals surface area contributed by atoms with Crippen LogP contribution in [0.4, 0.5) is 23.2 Å². The Morgan fingerprint density at radius 2 is 1.88 bits per heavy atom. The van der Waals surface area contributed by atoms with Crippen molar-refractivity contribution in [3.63, 3.8) is 0 Å². The number of carbonyl (C=O) groups is 1. The number of anilines is 1. The summed E-state index contributed by atoms with van der Waals surface area (Å²) in [6.45, 7) is 2.79. The maximum Gasteiger partial charge on any atom is 0.435 e. The van der Waals surface area contributed by atoms with Crippen LogP contribution in [0, 0.1) is 17.5 Å². The molecule has 0 saturated carbocycles. The average Bonchev–Trinajstić information content (AvgIpc) is 2.73. The van der Waals surface area contributed by atoms with Gasteiger partial charge in [-0.1, -0.05) is 13.0 Å². The molecule has 0 aliphatic carbocycles. The minimum absolute atomic E-state index is 0.105. The van der Waals surface area contributed by atoms with Crippen LogP contribution < -0.4 is 10.1 Å². The summed E-state index contributed by atoms with van der Waals surface area (Å²) in [5.74, 6) is -1.91. The number of aromatic nitrogens is 2. The number of nitrogens with one attached hydrogen (secondary N) is 2. The van der Waals surface area contributed by atoms with Gasteiger partial charge in [-0.25, -0.2) is 13.4 Å². The first-order chi connectivity index (χ1) is 15.8. The first kappa shape index (κ1) is 25.1. The zero-order valence-corrected chi connectivity index (χ0v) is 19.1. The van der Waals surface area contributed by atoms with Crippen LogP contribution in [-0.4, -0.2) is 26.6 Å². The number of nitrogens with zero attached hydrogens (tertiary/aromatic N) is 2. The molecule has 3 rings (SSSR count). The summed E-state index contributed by atoms with van der Waals surface area (Å²) in [6.07, 6.45) is -3.34. The highest BCUT2D eigenvalue weighted by Gasteiger charge is 2.38. The lowest BCUT2D eigenvalue weighted by Gasteiger charge is -2.17. The van der Waals surface area contributed by atoms with Crippen molar-refractivity contribution in [2.75, 3.05) is 11.6 Å². The summed E-state index contributed by atoms with van der Waals surface area (Å²) < 4.78 is 79.3. The van der Waals surface area contributed by atoms with E-state index in [1.165, 1.54) is 42.7 Å². The van der Waals surface area contributed by atoms with Crippen LogP contribution in [0.5, 0.6) is 11.6 Å². The molecule has 1 heterocycles. The van der Waals surface area contributed by atoms with Crippen molar-refractivity contribution in [3.8, 4) is 11.6 Å². The first-order valence-corrected chi connectivity index (χ1v) is 11.8. The molecule has 1 amide bonds. The zero-order chi connectivity index (χ0) is 25.3. The molecule has 0 aliphatic rings. The van der Waals surface area contributed by atoms with Crippen LogP contribution in [0.15, 0.2) is 47.4 Å². The van der Waals surface area contributed by atoms with Crippen LogP contribution >= 0.6 is 0 Å². The maximum absolute atomic E-state index is 13.6. The molecule has 0 aliphatic heterocycles. The molecule has 0 fully saturated rings. The Labute approximate surface area is 193 Å². The van der Waals surface area contributed by atoms with Gasteiger partial charge in [0, 0.05) is 16.8 Å². The van der Waals surface area contributed by atoms with Crippen molar-refractivity contribution < 1.29 is 31.3 Å². The molecule has 12 heteroatoms. The number of halogens is 4. The highest BCUT2D eigenvalue weighted by atomic mass is 32.2. The van der Waals surface area contributed by atoms with Gasteiger partial charge >= 0.3 is 6.18 Å². The minimum Gasteiger partial charge on any atom is -0.437 e. The van der Waals surface area contributed by atoms with E-state index in [1.54, 1.807) is 6.92 Å². The SMILES string of the molecule is CCc1cc(F)ccc1Oc1nnc(C(F)(F)F)c(C)c1C(=O)Nc1cccc(S(C)(=N)=O)c1. The molecule has 180 valence electrons. The second kappa shape index (κ2) is 9.37. The molecule has 1 unspecified atom stereocenters. The molecule has 3 aromatic rings. The standard InChI is InChI=1S/C22H20F4N4O3S/c1-4-13-10-14(23)8-9-17(13)33-21-18(12(2)19(29-30-21)22(24,25)26)20(31)28-15-6-5-7-16(11-15)34(3,27)32/h5-11,27H,4H2,1-3H3,(H,28,31). The summed E-state index contributed by atoms with van der Waals surface area (Å²) in [4.78, 5) is 13.2. The number of ether oxygens (including phenoxy) is 1. The molecule has 1 atom stereocenters. The Kier molecular flexibility index (Phi) is 6.92. The van der Waals surface area contributed by atoms with Crippen molar-refractivity contribution in [1.29, 1.82) is 4.78 Å². The number of alkyl halides is 3. The highest BCUT2D eigenvalue weighted by Crippen LogP contribution is 2.35. The Bertz CT molecular complexity index is 1360. The molecule has 0 spiro atoms. The fourth-order valence-electron chi connectivity index (χ4n) is 3.15. The molecule has 34 heavy (non-hydrogen) atoms. The van der Waals surface area contributed by atoms with Crippen molar-refractivity contribution in [2.45, 2.75) is 31.3 Å². The Hall–Kier alpha value is -3.54. The van der Waals surface area contributed by atoms with Gasteiger partial charge in [0.2, 0.25) is 0 Å². The second-order valence-electron chi connectivity index (χ2n) is 7.38. The van der Waals surface area contributed by atoms with E-state index >= 15 is 0 Å². The van der Waals surface area contributed by atoms with E-state index in [4.69, 9.17) is 9.52 Å². The highest BCUT2D eigenvalue weighted by molar-refractivity contribution is 7.91. The van der Waals surface area contributed by atoms with Crippen LogP contribution in [-0.2, 0) is 22.3 Å². The van der Waals surface area contributed by atoms with Crippen LogP contribution in [0.3, 0.4) is 0 Å². The smallest absolute Gasteiger partial charge is 0.435 e. The topological polar surface area (TPSA) is 105 Å². The maximum atomic E-state index is 13.6. The zero-order valence-electron chi connectivity index (χ0n) is 18.3. The van der Waals surface area contributed by atoms with Gasteiger partial charge in [0.05, 0.1) is 9.73 Å². The van der Waals surface area contributed by atoms with Crippen LogP contribution in [0.1, 0.15) is 34.1 Å². The van der Waals surface area contributed by atoms with E-state index in [0.29, 0.717) is 12.0 Å². The van der Waals surface area contributed by atoms with Gasteiger partial charge in [0.15, 0.2) is 5.69 Å².